The van der Waals surface area contributed by atoms with Gasteiger partial charge in [-0.2, -0.15) is 0 Å². The van der Waals surface area contributed by atoms with E-state index >= 15 is 0 Å². The van der Waals surface area contributed by atoms with Crippen LogP contribution in [0.5, 0.6) is 0 Å². The fourth-order valence-corrected chi connectivity index (χ4v) is 2.78. The second-order valence-corrected chi connectivity index (χ2v) is 7.20. The zero-order valence-electron chi connectivity index (χ0n) is 11.6. The monoisotopic (exact) mass is 369 g/mol. The van der Waals surface area contributed by atoms with Gasteiger partial charge in [0.15, 0.2) is 0 Å². The molecule has 0 aliphatic heterocycles. The van der Waals surface area contributed by atoms with Gasteiger partial charge >= 0.3 is 0 Å². The fraction of sp³-hybridized carbons (Fsp3) is 0.143. The van der Waals surface area contributed by atoms with Crippen LogP contribution in [0.4, 0.5) is 17.1 Å². The van der Waals surface area contributed by atoms with E-state index in [9.17, 15) is 8.42 Å². The maximum atomic E-state index is 11.3. The Labute approximate surface area is 132 Å². The van der Waals surface area contributed by atoms with Gasteiger partial charge in [0.1, 0.15) is 0 Å². The predicted octanol–water partition coefficient (Wildman–Crippen LogP) is 3.04. The molecule has 0 unspecified atom stereocenters. The molecular weight excluding hydrogens is 354 g/mol. The minimum absolute atomic E-state index is 0.00582. The average molecular weight is 370 g/mol. The molecule has 7 heteroatoms. The molecule has 0 amide bonds. The Bertz CT molecular complexity index is 781. The van der Waals surface area contributed by atoms with Crippen molar-refractivity contribution in [3.8, 4) is 0 Å². The number of primary sulfonamides is 1. The lowest BCUT2D eigenvalue weighted by Crippen LogP contribution is -2.12. The Hall–Kier alpha value is -1.57. The number of anilines is 3. The Kier molecular flexibility index (Phi) is 4.27. The minimum Gasteiger partial charge on any atom is -0.397 e. The van der Waals surface area contributed by atoms with E-state index in [2.05, 4.69) is 21.2 Å². The van der Waals surface area contributed by atoms with Crippen molar-refractivity contribution in [2.75, 3.05) is 11.1 Å². The molecule has 0 atom stereocenters. The maximum absolute atomic E-state index is 11.3. The normalized spacial score (nSPS) is 11.4. The summed E-state index contributed by atoms with van der Waals surface area (Å²) in [5.74, 6) is 0. The van der Waals surface area contributed by atoms with Crippen molar-refractivity contribution < 1.29 is 8.42 Å². The van der Waals surface area contributed by atoms with Crippen molar-refractivity contribution in [2.24, 2.45) is 5.14 Å². The Morgan fingerprint density at radius 1 is 1.10 bits per heavy atom. The second-order valence-electron chi connectivity index (χ2n) is 4.84. The molecule has 2 rings (SSSR count). The number of nitrogens with one attached hydrogen (secondary N) is 1. The highest BCUT2D eigenvalue weighted by molar-refractivity contribution is 9.10. The van der Waals surface area contributed by atoms with E-state index in [-0.39, 0.29) is 4.90 Å². The third-order valence-corrected chi connectivity index (χ3v) is 5.23. The van der Waals surface area contributed by atoms with Crippen LogP contribution in [0.1, 0.15) is 11.1 Å². The van der Waals surface area contributed by atoms with Crippen molar-refractivity contribution >= 4 is 43.0 Å². The standard InChI is InChI=1S/C14H16BrN3O2S/c1-8-5-10(6-9(2)14(8)15)18-13-4-3-11(7-12(13)16)21(17,19)20/h3-7,18H,16H2,1-2H3,(H2,17,19,20). The van der Waals surface area contributed by atoms with E-state index in [0.717, 1.165) is 21.3 Å². The van der Waals surface area contributed by atoms with Gasteiger partial charge in [-0.25, -0.2) is 13.6 Å². The number of sulfonamides is 1. The molecule has 2 aromatic rings. The molecule has 0 spiro atoms. The van der Waals surface area contributed by atoms with E-state index in [1.54, 1.807) is 6.07 Å². The first-order valence-corrected chi connectivity index (χ1v) is 8.48. The molecular formula is C14H16BrN3O2S. The number of hydrogen-bond donors (Lipinski definition) is 3. The van der Waals surface area contributed by atoms with Crippen molar-refractivity contribution in [3.05, 3.63) is 45.9 Å². The summed E-state index contributed by atoms with van der Waals surface area (Å²) in [7, 11) is -3.75. The van der Waals surface area contributed by atoms with Crippen LogP contribution < -0.4 is 16.2 Å². The lowest BCUT2D eigenvalue weighted by molar-refractivity contribution is 0.598. The van der Waals surface area contributed by atoms with Crippen LogP contribution in [0.2, 0.25) is 0 Å². The van der Waals surface area contributed by atoms with Crippen LogP contribution in [-0.2, 0) is 10.0 Å². The average Bonchev–Trinajstić information content (AvgIpc) is 2.37. The summed E-state index contributed by atoms with van der Waals surface area (Å²) in [6.07, 6.45) is 0. The highest BCUT2D eigenvalue weighted by Gasteiger charge is 2.10. The molecule has 0 bridgehead atoms. The number of nitrogen functional groups attached to an aromatic ring is 1. The maximum Gasteiger partial charge on any atom is 0.238 e. The lowest BCUT2D eigenvalue weighted by Gasteiger charge is -2.13. The van der Waals surface area contributed by atoms with Gasteiger partial charge in [-0.3, -0.25) is 0 Å². The molecule has 0 radical (unpaired) electrons. The molecule has 21 heavy (non-hydrogen) atoms. The lowest BCUT2D eigenvalue weighted by atomic mass is 10.1. The molecule has 0 aliphatic rings. The molecule has 2 aromatic carbocycles. The number of rotatable bonds is 3. The molecule has 5 N–H and O–H groups in total. The predicted molar refractivity (Wildman–Crippen MR) is 89.1 cm³/mol. The largest absolute Gasteiger partial charge is 0.397 e. The SMILES string of the molecule is Cc1cc(Nc2ccc(S(N)(=O)=O)cc2N)cc(C)c1Br. The topological polar surface area (TPSA) is 98.2 Å². The summed E-state index contributed by atoms with van der Waals surface area (Å²) < 4.78 is 23.6. The summed E-state index contributed by atoms with van der Waals surface area (Å²) in [5, 5.41) is 8.25. The van der Waals surface area contributed by atoms with E-state index in [1.807, 2.05) is 26.0 Å². The van der Waals surface area contributed by atoms with Crippen molar-refractivity contribution in [1.29, 1.82) is 0 Å². The third-order valence-electron chi connectivity index (χ3n) is 3.07. The Morgan fingerprint density at radius 3 is 2.14 bits per heavy atom. The van der Waals surface area contributed by atoms with E-state index in [0.29, 0.717) is 11.4 Å². The summed E-state index contributed by atoms with van der Waals surface area (Å²) in [5.41, 5.74) is 9.89. The smallest absolute Gasteiger partial charge is 0.238 e. The Morgan fingerprint density at radius 2 is 1.67 bits per heavy atom. The van der Waals surface area contributed by atoms with Crippen LogP contribution in [0.15, 0.2) is 39.7 Å². The summed E-state index contributed by atoms with van der Waals surface area (Å²) in [4.78, 5) is -0.00582. The second kappa shape index (κ2) is 5.67. The first-order chi connectivity index (χ1) is 9.68. The van der Waals surface area contributed by atoms with Gasteiger partial charge in [-0.1, -0.05) is 15.9 Å². The zero-order chi connectivity index (χ0) is 15.8. The van der Waals surface area contributed by atoms with Crippen LogP contribution in [0.25, 0.3) is 0 Å². The number of aryl methyl sites for hydroxylation is 2. The number of halogens is 1. The van der Waals surface area contributed by atoms with E-state index in [4.69, 9.17) is 10.9 Å². The van der Waals surface area contributed by atoms with Crippen molar-refractivity contribution in [2.45, 2.75) is 18.7 Å². The summed E-state index contributed by atoms with van der Waals surface area (Å²) in [6.45, 7) is 3.99. The van der Waals surface area contributed by atoms with Gasteiger partial charge < -0.3 is 11.1 Å². The van der Waals surface area contributed by atoms with E-state index < -0.39 is 10.0 Å². The fourth-order valence-electron chi connectivity index (χ4n) is 2.01. The summed E-state index contributed by atoms with van der Waals surface area (Å²) >= 11 is 3.51. The van der Waals surface area contributed by atoms with Crippen molar-refractivity contribution in [1.82, 2.24) is 0 Å². The van der Waals surface area contributed by atoms with Gasteiger partial charge in [-0.05, 0) is 55.3 Å². The molecule has 112 valence electrons. The molecule has 0 aliphatic carbocycles. The Balaban J connectivity index is 2.37. The van der Waals surface area contributed by atoms with Crippen LogP contribution in [-0.4, -0.2) is 8.42 Å². The molecule has 0 heterocycles. The molecule has 0 saturated heterocycles. The van der Waals surface area contributed by atoms with Gasteiger partial charge in [0.05, 0.1) is 16.3 Å². The van der Waals surface area contributed by atoms with Crippen LogP contribution in [0, 0.1) is 13.8 Å². The number of hydrogen-bond acceptors (Lipinski definition) is 4. The van der Waals surface area contributed by atoms with Gasteiger partial charge in [0, 0.05) is 10.2 Å². The van der Waals surface area contributed by atoms with E-state index in [1.165, 1.54) is 12.1 Å². The van der Waals surface area contributed by atoms with Gasteiger partial charge in [0.2, 0.25) is 10.0 Å². The molecule has 0 saturated carbocycles. The van der Waals surface area contributed by atoms with Crippen LogP contribution in [0.3, 0.4) is 0 Å². The third kappa shape index (κ3) is 3.55. The van der Waals surface area contributed by atoms with Crippen LogP contribution >= 0.6 is 15.9 Å². The highest BCUT2D eigenvalue weighted by atomic mass is 79.9. The zero-order valence-corrected chi connectivity index (χ0v) is 14.0. The molecule has 0 fully saturated rings. The first kappa shape index (κ1) is 15.8. The number of nitrogens with two attached hydrogens (primary N) is 2. The minimum atomic E-state index is -3.75. The quantitative estimate of drug-likeness (QED) is 0.724. The highest BCUT2D eigenvalue weighted by Crippen LogP contribution is 2.29. The van der Waals surface area contributed by atoms with Crippen molar-refractivity contribution in [3.63, 3.8) is 0 Å². The number of benzene rings is 2. The molecule has 5 nitrogen and oxygen atoms in total. The molecule has 0 aromatic heterocycles. The first-order valence-electron chi connectivity index (χ1n) is 6.14. The van der Waals surface area contributed by atoms with Gasteiger partial charge in [-0.15, -0.1) is 0 Å². The summed E-state index contributed by atoms with van der Waals surface area (Å²) in [6, 6.07) is 8.32. The van der Waals surface area contributed by atoms with Gasteiger partial charge in [0.25, 0.3) is 0 Å².